The Labute approximate surface area is 194 Å². The third-order valence-electron chi connectivity index (χ3n) is 6.10. The summed E-state index contributed by atoms with van der Waals surface area (Å²) in [5.41, 5.74) is 0. The van der Waals surface area contributed by atoms with E-state index in [0.717, 1.165) is 13.0 Å². The molecule has 0 aromatic heterocycles. The predicted octanol–water partition coefficient (Wildman–Crippen LogP) is 5.98. The van der Waals surface area contributed by atoms with Crippen LogP contribution in [0.25, 0.3) is 0 Å². The number of hydrogen-bond acceptors (Lipinski definition) is 3. The first-order valence-electron chi connectivity index (χ1n) is 13.4. The monoisotopic (exact) mass is 442 g/mol. The van der Waals surface area contributed by atoms with Crippen molar-refractivity contribution in [1.29, 1.82) is 0 Å². The lowest BCUT2D eigenvalue weighted by molar-refractivity contribution is -0.936. The van der Waals surface area contributed by atoms with Crippen molar-refractivity contribution in [2.45, 2.75) is 136 Å². The van der Waals surface area contributed by atoms with Gasteiger partial charge in [-0.25, -0.2) is 0 Å². The van der Waals surface area contributed by atoms with E-state index in [1.165, 1.54) is 83.5 Å². The van der Waals surface area contributed by atoms with E-state index in [-0.39, 0.29) is 0 Å². The molecule has 4 nitrogen and oxygen atoms in total. The SMILES string of the molecule is CCCCCCCC/C=C\CCCCCCCC[N+](CC(C)O)(CC(C)O)CC(C)O. The zero-order chi connectivity index (χ0) is 23.4. The molecule has 0 saturated carbocycles. The van der Waals surface area contributed by atoms with Gasteiger partial charge in [0.1, 0.15) is 37.9 Å². The number of quaternary nitrogens is 1. The number of unbranched alkanes of at least 4 members (excludes halogenated alkanes) is 12. The van der Waals surface area contributed by atoms with Crippen LogP contribution in [0.5, 0.6) is 0 Å². The molecule has 0 fully saturated rings. The summed E-state index contributed by atoms with van der Waals surface area (Å²) in [5, 5.41) is 29.9. The molecule has 186 valence electrons. The van der Waals surface area contributed by atoms with Crippen molar-refractivity contribution in [3.8, 4) is 0 Å². The average Bonchev–Trinajstić information content (AvgIpc) is 2.66. The van der Waals surface area contributed by atoms with E-state index in [4.69, 9.17) is 0 Å². The van der Waals surface area contributed by atoms with Crippen LogP contribution < -0.4 is 0 Å². The molecule has 0 heterocycles. The fourth-order valence-electron chi connectivity index (χ4n) is 4.87. The first kappa shape index (κ1) is 30.6. The third kappa shape index (κ3) is 20.0. The Balaban J connectivity index is 3.88. The number of rotatable bonds is 22. The molecule has 31 heavy (non-hydrogen) atoms. The highest BCUT2D eigenvalue weighted by Gasteiger charge is 2.31. The maximum Gasteiger partial charge on any atom is 0.105 e. The van der Waals surface area contributed by atoms with Gasteiger partial charge in [0, 0.05) is 0 Å². The molecule has 0 aromatic rings. The van der Waals surface area contributed by atoms with Crippen LogP contribution in [0.4, 0.5) is 0 Å². The van der Waals surface area contributed by atoms with Crippen molar-refractivity contribution in [2.75, 3.05) is 26.2 Å². The highest BCUT2D eigenvalue weighted by Crippen LogP contribution is 2.17. The molecule has 0 radical (unpaired) electrons. The molecular weight excluding hydrogens is 386 g/mol. The minimum Gasteiger partial charge on any atom is -0.388 e. The molecule has 0 aliphatic heterocycles. The Morgan fingerprint density at radius 3 is 1.29 bits per heavy atom. The molecule has 4 heteroatoms. The van der Waals surface area contributed by atoms with Crippen molar-refractivity contribution in [3.63, 3.8) is 0 Å². The van der Waals surface area contributed by atoms with Gasteiger partial charge in [-0.3, -0.25) is 0 Å². The summed E-state index contributed by atoms with van der Waals surface area (Å²) in [6.07, 6.45) is 21.6. The number of nitrogens with zero attached hydrogens (tertiary/aromatic N) is 1. The van der Waals surface area contributed by atoms with E-state index in [1.54, 1.807) is 20.8 Å². The third-order valence-corrected chi connectivity index (χ3v) is 6.10. The molecule has 0 aliphatic rings. The van der Waals surface area contributed by atoms with Crippen LogP contribution in [-0.2, 0) is 0 Å². The van der Waals surface area contributed by atoms with Crippen molar-refractivity contribution in [2.24, 2.45) is 0 Å². The lowest BCUT2D eigenvalue weighted by Gasteiger charge is -2.41. The molecule has 0 bridgehead atoms. The summed E-state index contributed by atoms with van der Waals surface area (Å²) in [6, 6.07) is 0. The van der Waals surface area contributed by atoms with Crippen LogP contribution >= 0.6 is 0 Å². The molecule has 3 N–H and O–H groups in total. The number of hydrogen-bond donors (Lipinski definition) is 3. The van der Waals surface area contributed by atoms with Crippen LogP contribution in [0.2, 0.25) is 0 Å². The Bertz CT molecular complexity index is 381. The minimum atomic E-state index is -0.424. The van der Waals surface area contributed by atoms with Crippen molar-refractivity contribution >= 4 is 0 Å². The number of allylic oxidation sites excluding steroid dienone is 2. The predicted molar refractivity (Wildman–Crippen MR) is 134 cm³/mol. The second-order valence-corrected chi connectivity index (χ2v) is 10.1. The van der Waals surface area contributed by atoms with Gasteiger partial charge in [0.2, 0.25) is 0 Å². The molecule has 0 spiro atoms. The van der Waals surface area contributed by atoms with Gasteiger partial charge in [-0.15, -0.1) is 0 Å². The summed E-state index contributed by atoms with van der Waals surface area (Å²) in [5.74, 6) is 0. The summed E-state index contributed by atoms with van der Waals surface area (Å²) in [7, 11) is 0. The van der Waals surface area contributed by atoms with Gasteiger partial charge in [-0.05, 0) is 59.3 Å². The average molecular weight is 443 g/mol. The van der Waals surface area contributed by atoms with Crippen LogP contribution in [-0.4, -0.2) is 64.3 Å². The zero-order valence-electron chi connectivity index (χ0n) is 21.4. The topological polar surface area (TPSA) is 60.7 Å². The molecule has 0 amide bonds. The minimum absolute atomic E-state index is 0.424. The normalized spacial score (nSPS) is 17.0. The highest BCUT2D eigenvalue weighted by molar-refractivity contribution is 4.81. The van der Waals surface area contributed by atoms with E-state index < -0.39 is 18.3 Å². The number of aliphatic hydroxyl groups is 3. The molecule has 0 aromatic carbocycles. The van der Waals surface area contributed by atoms with Crippen molar-refractivity contribution < 1.29 is 19.8 Å². The van der Waals surface area contributed by atoms with E-state index >= 15 is 0 Å². The Hall–Kier alpha value is -0.420. The van der Waals surface area contributed by atoms with Gasteiger partial charge in [-0.1, -0.05) is 70.4 Å². The lowest BCUT2D eigenvalue weighted by atomic mass is 10.1. The zero-order valence-corrected chi connectivity index (χ0v) is 21.4. The summed E-state index contributed by atoms with van der Waals surface area (Å²) >= 11 is 0. The van der Waals surface area contributed by atoms with Crippen LogP contribution in [0.1, 0.15) is 118 Å². The quantitative estimate of drug-likeness (QED) is 0.110. The van der Waals surface area contributed by atoms with Gasteiger partial charge < -0.3 is 19.8 Å². The van der Waals surface area contributed by atoms with Crippen molar-refractivity contribution in [1.82, 2.24) is 0 Å². The largest absolute Gasteiger partial charge is 0.388 e. The van der Waals surface area contributed by atoms with Gasteiger partial charge in [-0.2, -0.15) is 0 Å². The van der Waals surface area contributed by atoms with E-state index in [0.29, 0.717) is 24.1 Å². The molecule has 3 unspecified atom stereocenters. The molecular formula is C27H56NO3+. The second-order valence-electron chi connectivity index (χ2n) is 10.1. The summed E-state index contributed by atoms with van der Waals surface area (Å²) < 4.78 is 0.608. The first-order valence-corrected chi connectivity index (χ1v) is 13.4. The van der Waals surface area contributed by atoms with Crippen LogP contribution in [0.15, 0.2) is 12.2 Å². The maximum absolute atomic E-state index is 9.96. The standard InChI is InChI=1S/C27H56NO3/c1-5-6-7-8-9-10-11-12-13-14-15-16-17-18-19-20-21-28(22-25(2)29,23-26(3)30)24-27(4)31/h12-13,25-27,29-31H,5-11,14-24H2,1-4H3/q+1/b13-12-. The highest BCUT2D eigenvalue weighted by atomic mass is 16.3. The Kier molecular flexibility index (Phi) is 19.9. The fourth-order valence-corrected chi connectivity index (χ4v) is 4.87. The molecule has 3 atom stereocenters. The maximum atomic E-state index is 9.96. The van der Waals surface area contributed by atoms with E-state index in [1.807, 2.05) is 0 Å². The van der Waals surface area contributed by atoms with Crippen LogP contribution in [0, 0.1) is 0 Å². The fraction of sp³-hybridized carbons (Fsp3) is 0.926. The van der Waals surface area contributed by atoms with Gasteiger partial charge >= 0.3 is 0 Å². The molecule has 0 rings (SSSR count). The molecule has 0 aliphatic carbocycles. The number of aliphatic hydroxyl groups excluding tert-OH is 3. The van der Waals surface area contributed by atoms with Gasteiger partial charge in [0.25, 0.3) is 0 Å². The molecule has 0 saturated heterocycles. The van der Waals surface area contributed by atoms with Gasteiger partial charge in [0.15, 0.2) is 0 Å². The van der Waals surface area contributed by atoms with Crippen molar-refractivity contribution in [3.05, 3.63) is 12.2 Å². The summed E-state index contributed by atoms with van der Waals surface area (Å²) in [6.45, 7) is 10.4. The second kappa shape index (κ2) is 20.2. The Morgan fingerprint density at radius 1 is 0.548 bits per heavy atom. The smallest absolute Gasteiger partial charge is 0.105 e. The van der Waals surface area contributed by atoms with E-state index in [2.05, 4.69) is 19.1 Å². The van der Waals surface area contributed by atoms with E-state index in [9.17, 15) is 15.3 Å². The first-order chi connectivity index (χ1) is 14.8. The lowest BCUT2D eigenvalue weighted by Crippen LogP contribution is -2.58. The Morgan fingerprint density at radius 2 is 0.903 bits per heavy atom. The van der Waals surface area contributed by atoms with Crippen LogP contribution in [0.3, 0.4) is 0 Å². The summed E-state index contributed by atoms with van der Waals surface area (Å²) in [4.78, 5) is 0. The van der Waals surface area contributed by atoms with Gasteiger partial charge in [0.05, 0.1) is 6.54 Å².